The maximum Gasteiger partial charge on any atom is 0.189 e. The second kappa shape index (κ2) is 4.59. The largest absolute Gasteiger partial charge is 0.292 e. The molecular formula is C9H6BrN3OS. The molecule has 0 saturated heterocycles. The fraction of sp³-hybridized carbons (Fsp3) is 0.111. The molecule has 15 heavy (non-hydrogen) atoms. The number of hydrogen-bond acceptors (Lipinski definition) is 5. The smallest absolute Gasteiger partial charge is 0.189 e. The molecule has 0 aliphatic rings. The number of ketones is 1. The molecule has 0 amide bonds. The van der Waals surface area contributed by atoms with Gasteiger partial charge in [-0.25, -0.2) is 0 Å². The Morgan fingerprint density at radius 1 is 1.40 bits per heavy atom. The second-order valence-corrected chi connectivity index (χ2v) is 4.33. The lowest BCUT2D eigenvalue weighted by molar-refractivity contribution is 0.0988. The number of carbonyl (C=O) groups excluding carboxylic acids is 1. The summed E-state index contributed by atoms with van der Waals surface area (Å²) >= 11 is 4.31. The van der Waals surface area contributed by atoms with Crippen molar-refractivity contribution in [1.29, 1.82) is 0 Å². The van der Waals surface area contributed by atoms with Crippen LogP contribution in [0.3, 0.4) is 0 Å². The van der Waals surface area contributed by atoms with E-state index >= 15 is 0 Å². The fourth-order valence-corrected chi connectivity index (χ4v) is 1.72. The number of rotatable bonds is 3. The standard InChI is InChI=1S/C9H6BrN3OS/c10-6-1-2-7(11-4-6)3-9(14)8-5-12-15-13-8/h1-2,4-5H,3H2. The monoisotopic (exact) mass is 283 g/mol. The first-order valence-corrected chi connectivity index (χ1v) is 5.69. The van der Waals surface area contributed by atoms with Crippen molar-refractivity contribution in [2.24, 2.45) is 0 Å². The van der Waals surface area contributed by atoms with Crippen LogP contribution in [0.4, 0.5) is 0 Å². The Kier molecular flexibility index (Phi) is 3.17. The summed E-state index contributed by atoms with van der Waals surface area (Å²) in [5.41, 5.74) is 1.14. The van der Waals surface area contributed by atoms with Crippen molar-refractivity contribution >= 4 is 33.4 Å². The van der Waals surface area contributed by atoms with Gasteiger partial charge in [-0.1, -0.05) is 0 Å². The van der Waals surface area contributed by atoms with Crippen LogP contribution in [0, 0.1) is 0 Å². The highest BCUT2D eigenvalue weighted by molar-refractivity contribution is 9.10. The van der Waals surface area contributed by atoms with Crippen LogP contribution in [0.5, 0.6) is 0 Å². The summed E-state index contributed by atoms with van der Waals surface area (Å²) in [7, 11) is 0. The first-order valence-electron chi connectivity index (χ1n) is 4.17. The third-order valence-electron chi connectivity index (χ3n) is 1.78. The van der Waals surface area contributed by atoms with Crippen molar-refractivity contribution in [2.75, 3.05) is 0 Å². The topological polar surface area (TPSA) is 55.7 Å². The van der Waals surface area contributed by atoms with Crippen LogP contribution >= 0.6 is 27.7 Å². The van der Waals surface area contributed by atoms with Crippen molar-refractivity contribution in [1.82, 2.24) is 13.7 Å². The van der Waals surface area contributed by atoms with E-state index in [-0.39, 0.29) is 12.2 Å². The molecule has 2 rings (SSSR count). The van der Waals surface area contributed by atoms with Gasteiger partial charge < -0.3 is 0 Å². The first-order chi connectivity index (χ1) is 7.25. The Labute approximate surface area is 98.8 Å². The minimum Gasteiger partial charge on any atom is -0.292 e. The predicted octanol–water partition coefficient (Wildman–Crippen LogP) is 2.12. The summed E-state index contributed by atoms with van der Waals surface area (Å²) in [6.45, 7) is 0. The van der Waals surface area contributed by atoms with E-state index in [1.807, 2.05) is 12.1 Å². The quantitative estimate of drug-likeness (QED) is 0.810. The number of Topliss-reactive ketones (excluding diaryl/α,β-unsaturated/α-hetero) is 1. The van der Waals surface area contributed by atoms with Gasteiger partial charge >= 0.3 is 0 Å². The van der Waals surface area contributed by atoms with E-state index in [0.29, 0.717) is 5.69 Å². The lowest BCUT2D eigenvalue weighted by Gasteiger charge is -1.97. The van der Waals surface area contributed by atoms with E-state index in [0.717, 1.165) is 21.9 Å². The molecule has 0 aliphatic heterocycles. The Morgan fingerprint density at radius 3 is 2.87 bits per heavy atom. The van der Waals surface area contributed by atoms with Gasteiger partial charge in [0.25, 0.3) is 0 Å². The molecule has 0 spiro atoms. The van der Waals surface area contributed by atoms with Gasteiger partial charge in [0.1, 0.15) is 5.69 Å². The van der Waals surface area contributed by atoms with E-state index in [4.69, 9.17) is 0 Å². The molecule has 0 radical (unpaired) electrons. The number of halogens is 1. The average Bonchev–Trinajstić information content (AvgIpc) is 2.74. The average molecular weight is 284 g/mol. The maximum absolute atomic E-state index is 11.6. The van der Waals surface area contributed by atoms with Crippen LogP contribution in [-0.2, 0) is 6.42 Å². The minimum atomic E-state index is -0.0569. The summed E-state index contributed by atoms with van der Waals surface area (Å²) in [6, 6.07) is 3.66. The van der Waals surface area contributed by atoms with Gasteiger partial charge in [-0.05, 0) is 28.1 Å². The zero-order chi connectivity index (χ0) is 10.7. The lowest BCUT2D eigenvalue weighted by Crippen LogP contribution is -2.04. The van der Waals surface area contributed by atoms with E-state index in [2.05, 4.69) is 29.7 Å². The van der Waals surface area contributed by atoms with Gasteiger partial charge in [-0.2, -0.15) is 8.75 Å². The third-order valence-corrected chi connectivity index (χ3v) is 2.72. The van der Waals surface area contributed by atoms with Crippen molar-refractivity contribution in [3.05, 3.63) is 40.4 Å². The Balaban J connectivity index is 2.09. The molecule has 0 aliphatic carbocycles. The van der Waals surface area contributed by atoms with E-state index < -0.39 is 0 Å². The molecule has 0 saturated carbocycles. The van der Waals surface area contributed by atoms with Gasteiger partial charge in [0, 0.05) is 16.4 Å². The number of aromatic nitrogens is 3. The zero-order valence-corrected chi connectivity index (χ0v) is 9.96. The van der Waals surface area contributed by atoms with Crippen molar-refractivity contribution in [3.63, 3.8) is 0 Å². The second-order valence-electron chi connectivity index (χ2n) is 2.86. The van der Waals surface area contributed by atoms with Gasteiger partial charge in [-0.3, -0.25) is 9.78 Å². The summed E-state index contributed by atoms with van der Waals surface area (Å²) in [5.74, 6) is -0.0569. The number of pyridine rings is 1. The molecule has 2 aromatic heterocycles. The fourth-order valence-electron chi connectivity index (χ4n) is 1.05. The van der Waals surface area contributed by atoms with Crippen LogP contribution < -0.4 is 0 Å². The summed E-state index contributed by atoms with van der Waals surface area (Å²) < 4.78 is 8.55. The molecule has 0 fully saturated rings. The molecule has 0 bridgehead atoms. The highest BCUT2D eigenvalue weighted by atomic mass is 79.9. The SMILES string of the molecule is O=C(Cc1ccc(Br)cn1)c1cnsn1. The number of nitrogens with zero attached hydrogens (tertiary/aromatic N) is 3. The minimum absolute atomic E-state index is 0.0569. The van der Waals surface area contributed by atoms with Crippen molar-refractivity contribution in [3.8, 4) is 0 Å². The van der Waals surface area contributed by atoms with Crippen LogP contribution in [0.15, 0.2) is 29.0 Å². The maximum atomic E-state index is 11.6. The highest BCUT2D eigenvalue weighted by Crippen LogP contribution is 2.09. The molecule has 0 atom stereocenters. The van der Waals surface area contributed by atoms with Gasteiger partial charge in [0.05, 0.1) is 24.3 Å². The van der Waals surface area contributed by atoms with Crippen molar-refractivity contribution < 1.29 is 4.79 Å². The molecule has 76 valence electrons. The Bertz CT molecular complexity index is 455. The number of carbonyl (C=O) groups is 1. The van der Waals surface area contributed by atoms with Gasteiger partial charge in [0.15, 0.2) is 5.78 Å². The van der Waals surface area contributed by atoms with Gasteiger partial charge in [0.2, 0.25) is 0 Å². The predicted molar refractivity (Wildman–Crippen MR) is 59.9 cm³/mol. The van der Waals surface area contributed by atoms with Crippen LogP contribution in [0.2, 0.25) is 0 Å². The van der Waals surface area contributed by atoms with Crippen LogP contribution in [0.1, 0.15) is 16.2 Å². The van der Waals surface area contributed by atoms with Gasteiger partial charge in [-0.15, -0.1) is 0 Å². The van der Waals surface area contributed by atoms with E-state index in [1.54, 1.807) is 6.20 Å². The van der Waals surface area contributed by atoms with Crippen LogP contribution in [-0.4, -0.2) is 19.5 Å². The molecule has 6 heteroatoms. The molecule has 0 aromatic carbocycles. The lowest BCUT2D eigenvalue weighted by atomic mass is 10.1. The summed E-state index contributed by atoms with van der Waals surface area (Å²) in [6.07, 6.45) is 3.41. The Hall–Kier alpha value is -1.14. The molecule has 4 nitrogen and oxygen atoms in total. The molecule has 0 N–H and O–H groups in total. The molecular weight excluding hydrogens is 278 g/mol. The summed E-state index contributed by atoms with van der Waals surface area (Å²) in [4.78, 5) is 15.7. The first kappa shape index (κ1) is 10.4. The van der Waals surface area contributed by atoms with E-state index in [1.165, 1.54) is 6.20 Å². The summed E-state index contributed by atoms with van der Waals surface area (Å²) in [5, 5.41) is 0. The highest BCUT2D eigenvalue weighted by Gasteiger charge is 2.10. The number of hydrogen-bond donors (Lipinski definition) is 0. The Morgan fingerprint density at radius 2 is 2.27 bits per heavy atom. The van der Waals surface area contributed by atoms with Crippen LogP contribution in [0.25, 0.3) is 0 Å². The molecule has 0 unspecified atom stereocenters. The van der Waals surface area contributed by atoms with E-state index in [9.17, 15) is 4.79 Å². The molecule has 2 aromatic rings. The third kappa shape index (κ3) is 2.66. The zero-order valence-electron chi connectivity index (χ0n) is 7.55. The van der Waals surface area contributed by atoms with Crippen molar-refractivity contribution in [2.45, 2.75) is 6.42 Å². The normalized spacial score (nSPS) is 10.2. The molecule has 2 heterocycles.